The van der Waals surface area contributed by atoms with E-state index in [0.717, 1.165) is 10.9 Å². The number of hydrogen-bond acceptors (Lipinski definition) is 2. The summed E-state index contributed by atoms with van der Waals surface area (Å²) in [5.74, 6) is -0.832. The Labute approximate surface area is 90.2 Å². The third kappa shape index (κ3) is 1.85. The highest BCUT2D eigenvalue weighted by Crippen LogP contribution is 2.22. The van der Waals surface area contributed by atoms with Crippen LogP contribution >= 0.6 is 11.6 Å². The summed E-state index contributed by atoms with van der Waals surface area (Å²) in [5, 5.41) is 2.22. The van der Waals surface area contributed by atoms with Gasteiger partial charge in [-0.25, -0.2) is 0 Å². The van der Waals surface area contributed by atoms with Crippen molar-refractivity contribution in [3.63, 3.8) is 0 Å². The van der Waals surface area contributed by atoms with Crippen molar-refractivity contribution in [2.24, 2.45) is 0 Å². The van der Waals surface area contributed by atoms with Crippen LogP contribution in [0.15, 0.2) is 30.5 Å². The van der Waals surface area contributed by atoms with Crippen LogP contribution in [0.5, 0.6) is 0 Å². The van der Waals surface area contributed by atoms with Crippen molar-refractivity contribution in [1.82, 2.24) is 4.98 Å². The largest absolute Gasteiger partial charge is 0.359 e. The van der Waals surface area contributed by atoms with Crippen LogP contribution in [-0.4, -0.2) is 16.1 Å². The van der Waals surface area contributed by atoms with Crippen LogP contribution in [-0.2, 0) is 9.59 Å². The molecule has 0 radical (unpaired) electrons. The van der Waals surface area contributed by atoms with Crippen molar-refractivity contribution in [3.8, 4) is 0 Å². The number of para-hydroxylation sites is 1. The lowest BCUT2D eigenvalue weighted by atomic mass is 10.2. The summed E-state index contributed by atoms with van der Waals surface area (Å²) >= 11 is 5.04. The van der Waals surface area contributed by atoms with Crippen LogP contribution in [0.1, 0.15) is 0 Å². The minimum Gasteiger partial charge on any atom is -0.359 e. The van der Waals surface area contributed by atoms with E-state index in [9.17, 15) is 9.59 Å². The van der Waals surface area contributed by atoms with Crippen molar-refractivity contribution >= 4 is 39.3 Å². The quantitative estimate of drug-likeness (QED) is 0.602. The van der Waals surface area contributed by atoms with Gasteiger partial charge in [0.1, 0.15) is 0 Å². The number of benzene rings is 1. The summed E-state index contributed by atoms with van der Waals surface area (Å²) in [6, 6.07) is 7.42. The molecular formula is C10H7ClN2O2. The first kappa shape index (κ1) is 9.73. The second-order valence-corrected chi connectivity index (χ2v) is 3.32. The van der Waals surface area contributed by atoms with Crippen LogP contribution in [0.4, 0.5) is 5.69 Å². The minimum absolute atomic E-state index is 0.546. The van der Waals surface area contributed by atoms with Crippen molar-refractivity contribution in [3.05, 3.63) is 30.5 Å². The highest BCUT2D eigenvalue weighted by molar-refractivity contribution is 6.82. The van der Waals surface area contributed by atoms with Gasteiger partial charge in [0, 0.05) is 17.1 Å². The van der Waals surface area contributed by atoms with E-state index in [0.29, 0.717) is 5.69 Å². The van der Waals surface area contributed by atoms with E-state index in [2.05, 4.69) is 10.3 Å². The Balaban J connectivity index is 2.37. The maximum absolute atomic E-state index is 11.0. The molecule has 15 heavy (non-hydrogen) atoms. The first-order chi connectivity index (χ1) is 7.18. The number of aromatic nitrogens is 1. The van der Waals surface area contributed by atoms with Crippen molar-refractivity contribution in [2.75, 3.05) is 5.32 Å². The average molecular weight is 223 g/mol. The summed E-state index contributed by atoms with van der Waals surface area (Å²) in [4.78, 5) is 24.6. The second kappa shape index (κ2) is 3.74. The molecule has 0 saturated carbocycles. The summed E-state index contributed by atoms with van der Waals surface area (Å²) in [7, 11) is 0. The molecule has 0 atom stereocenters. The Morgan fingerprint density at radius 2 is 2.00 bits per heavy atom. The van der Waals surface area contributed by atoms with E-state index in [1.165, 1.54) is 0 Å². The smallest absolute Gasteiger partial charge is 0.310 e. The summed E-state index contributed by atoms with van der Waals surface area (Å²) in [6.07, 6.45) is 1.61. The van der Waals surface area contributed by atoms with Gasteiger partial charge in [0.2, 0.25) is 0 Å². The summed E-state index contributed by atoms with van der Waals surface area (Å²) in [6.45, 7) is 0. The molecule has 2 rings (SSSR count). The van der Waals surface area contributed by atoms with Gasteiger partial charge in [-0.05, 0) is 17.7 Å². The predicted octanol–water partition coefficient (Wildman–Crippen LogP) is 1.87. The Morgan fingerprint density at radius 1 is 1.27 bits per heavy atom. The van der Waals surface area contributed by atoms with Crippen molar-refractivity contribution in [2.45, 2.75) is 0 Å². The van der Waals surface area contributed by atoms with E-state index in [-0.39, 0.29) is 0 Å². The highest BCUT2D eigenvalue weighted by Gasteiger charge is 2.12. The van der Waals surface area contributed by atoms with Gasteiger partial charge < -0.3 is 10.3 Å². The predicted molar refractivity (Wildman–Crippen MR) is 57.8 cm³/mol. The fourth-order valence-electron chi connectivity index (χ4n) is 1.35. The highest BCUT2D eigenvalue weighted by atomic mass is 35.5. The molecule has 0 aliphatic carbocycles. The number of anilines is 1. The molecule has 2 aromatic rings. The monoisotopic (exact) mass is 222 g/mol. The number of H-pyrrole nitrogens is 1. The number of carbonyl (C=O) groups is 2. The lowest BCUT2D eigenvalue weighted by molar-refractivity contribution is -0.130. The molecule has 2 N–H and O–H groups in total. The van der Waals surface area contributed by atoms with E-state index in [1.54, 1.807) is 6.20 Å². The average Bonchev–Trinajstić information content (AvgIpc) is 2.62. The van der Waals surface area contributed by atoms with Crippen LogP contribution in [0.3, 0.4) is 0 Å². The Morgan fingerprint density at radius 3 is 2.73 bits per heavy atom. The first-order valence-electron chi connectivity index (χ1n) is 4.25. The molecule has 5 heteroatoms. The van der Waals surface area contributed by atoms with E-state index in [4.69, 9.17) is 11.6 Å². The molecule has 0 unspecified atom stereocenters. The number of halogens is 1. The molecule has 0 bridgehead atoms. The molecular weight excluding hydrogens is 216 g/mol. The van der Waals surface area contributed by atoms with Gasteiger partial charge in [-0.1, -0.05) is 18.2 Å². The van der Waals surface area contributed by atoms with Crippen LogP contribution in [0, 0.1) is 0 Å². The van der Waals surface area contributed by atoms with Gasteiger partial charge >= 0.3 is 11.1 Å². The van der Waals surface area contributed by atoms with Crippen LogP contribution in [0.2, 0.25) is 0 Å². The number of aromatic amines is 1. The molecule has 1 heterocycles. The molecule has 76 valence electrons. The number of nitrogens with one attached hydrogen (secondary N) is 2. The maximum Gasteiger partial charge on any atom is 0.310 e. The number of amides is 1. The SMILES string of the molecule is O=C(Cl)C(=O)Nc1c[nH]c2ccccc12. The topological polar surface area (TPSA) is 62.0 Å². The fourth-order valence-corrected chi connectivity index (χ4v) is 1.39. The molecule has 0 fully saturated rings. The zero-order valence-electron chi connectivity index (χ0n) is 7.58. The number of rotatable bonds is 2. The zero-order valence-corrected chi connectivity index (χ0v) is 8.34. The molecule has 0 saturated heterocycles. The minimum atomic E-state index is -1.03. The van der Waals surface area contributed by atoms with E-state index >= 15 is 0 Å². The first-order valence-corrected chi connectivity index (χ1v) is 4.63. The normalized spacial score (nSPS) is 10.2. The molecule has 4 nitrogen and oxygen atoms in total. The zero-order chi connectivity index (χ0) is 10.8. The van der Waals surface area contributed by atoms with Crippen LogP contribution in [0.25, 0.3) is 10.9 Å². The summed E-state index contributed by atoms with van der Waals surface area (Å²) < 4.78 is 0. The van der Waals surface area contributed by atoms with E-state index < -0.39 is 11.1 Å². The maximum atomic E-state index is 11.0. The third-order valence-electron chi connectivity index (χ3n) is 2.02. The standard InChI is InChI=1S/C10H7ClN2O2/c11-9(14)10(15)13-8-5-12-7-4-2-1-3-6(7)8/h1-5,12H,(H,13,15). The molecule has 0 aliphatic heterocycles. The van der Waals surface area contributed by atoms with Gasteiger partial charge in [0.25, 0.3) is 0 Å². The Kier molecular flexibility index (Phi) is 2.43. The lowest BCUT2D eigenvalue weighted by Crippen LogP contribution is -2.17. The van der Waals surface area contributed by atoms with Crippen molar-refractivity contribution in [1.29, 1.82) is 0 Å². The number of fused-ring (bicyclic) bond motifs is 1. The lowest BCUT2D eigenvalue weighted by Gasteiger charge is -1.98. The van der Waals surface area contributed by atoms with Gasteiger partial charge in [0.15, 0.2) is 0 Å². The molecule has 1 aromatic carbocycles. The molecule has 0 spiro atoms. The Hall–Kier alpha value is -1.81. The van der Waals surface area contributed by atoms with Gasteiger partial charge in [-0.15, -0.1) is 0 Å². The van der Waals surface area contributed by atoms with E-state index in [1.807, 2.05) is 24.3 Å². The Bertz CT molecular complexity index is 533. The molecule has 1 aromatic heterocycles. The summed E-state index contributed by atoms with van der Waals surface area (Å²) in [5.41, 5.74) is 1.43. The third-order valence-corrected chi connectivity index (χ3v) is 2.19. The van der Waals surface area contributed by atoms with Crippen molar-refractivity contribution < 1.29 is 9.59 Å². The fraction of sp³-hybridized carbons (Fsp3) is 0. The van der Waals surface area contributed by atoms with Gasteiger partial charge in [0.05, 0.1) is 5.69 Å². The van der Waals surface area contributed by atoms with Gasteiger partial charge in [-0.2, -0.15) is 0 Å². The molecule has 1 amide bonds. The number of carbonyl (C=O) groups excluding carboxylic acids is 2. The van der Waals surface area contributed by atoms with Gasteiger partial charge in [-0.3, -0.25) is 9.59 Å². The second-order valence-electron chi connectivity index (χ2n) is 2.98. The van der Waals surface area contributed by atoms with Crippen LogP contribution < -0.4 is 5.32 Å². The number of hydrogen-bond donors (Lipinski definition) is 2. The molecule has 0 aliphatic rings.